The van der Waals surface area contributed by atoms with Crippen molar-refractivity contribution in [3.8, 4) is 5.75 Å². The van der Waals surface area contributed by atoms with E-state index in [1.807, 2.05) is 24.3 Å². The fraction of sp³-hybridized carbons (Fsp3) is 0.562. The zero-order valence-electron chi connectivity index (χ0n) is 13.6. The molecule has 126 valence electrons. The molecule has 0 radical (unpaired) electrons. The van der Waals surface area contributed by atoms with Crippen molar-refractivity contribution in [2.45, 2.75) is 19.8 Å². The standard InChI is InChI=1S/C16H26N2O3.ClH/c1-13(2)14-4-6-15(7-5-14)21-12-16(19)18-9-8-17-10-11-20-3;/h4-7,13,17H,8-12H2,1-3H3,(H,18,19);1H. The molecule has 22 heavy (non-hydrogen) atoms. The summed E-state index contributed by atoms with van der Waals surface area (Å²) in [4.78, 5) is 11.6. The number of ether oxygens (including phenoxy) is 2. The molecule has 0 aliphatic carbocycles. The summed E-state index contributed by atoms with van der Waals surface area (Å²) in [5, 5.41) is 5.94. The molecule has 0 aromatic heterocycles. The summed E-state index contributed by atoms with van der Waals surface area (Å²) < 4.78 is 10.4. The van der Waals surface area contributed by atoms with Gasteiger partial charge in [0.1, 0.15) is 5.75 Å². The first kappa shape index (κ1) is 20.7. The summed E-state index contributed by atoms with van der Waals surface area (Å²) in [6.07, 6.45) is 0. The molecule has 0 aliphatic rings. The van der Waals surface area contributed by atoms with Gasteiger partial charge < -0.3 is 20.1 Å². The van der Waals surface area contributed by atoms with Gasteiger partial charge >= 0.3 is 0 Å². The van der Waals surface area contributed by atoms with E-state index in [1.165, 1.54) is 5.56 Å². The molecule has 0 bridgehead atoms. The van der Waals surface area contributed by atoms with Crippen molar-refractivity contribution in [1.29, 1.82) is 0 Å². The smallest absolute Gasteiger partial charge is 0.257 e. The fourth-order valence-corrected chi connectivity index (χ4v) is 1.74. The van der Waals surface area contributed by atoms with Crippen LogP contribution >= 0.6 is 12.4 Å². The molecule has 1 rings (SSSR count). The number of nitrogens with one attached hydrogen (secondary N) is 2. The van der Waals surface area contributed by atoms with Crippen molar-refractivity contribution in [3.63, 3.8) is 0 Å². The molecule has 0 spiro atoms. The topological polar surface area (TPSA) is 59.6 Å². The molecule has 0 unspecified atom stereocenters. The predicted molar refractivity (Wildman–Crippen MR) is 91.0 cm³/mol. The lowest BCUT2D eigenvalue weighted by Crippen LogP contribution is -2.35. The second-order valence-corrected chi connectivity index (χ2v) is 5.11. The number of hydrogen-bond donors (Lipinski definition) is 2. The van der Waals surface area contributed by atoms with Crippen LogP contribution in [0.4, 0.5) is 0 Å². The van der Waals surface area contributed by atoms with E-state index in [9.17, 15) is 4.79 Å². The third-order valence-corrected chi connectivity index (χ3v) is 3.02. The molecule has 0 atom stereocenters. The van der Waals surface area contributed by atoms with E-state index in [4.69, 9.17) is 9.47 Å². The summed E-state index contributed by atoms with van der Waals surface area (Å²) in [5.74, 6) is 1.09. The van der Waals surface area contributed by atoms with Gasteiger partial charge in [0.25, 0.3) is 5.91 Å². The molecule has 0 heterocycles. The zero-order valence-corrected chi connectivity index (χ0v) is 14.4. The summed E-state index contributed by atoms with van der Waals surface area (Å²) in [6.45, 7) is 7.08. The van der Waals surface area contributed by atoms with Gasteiger partial charge in [0.15, 0.2) is 6.61 Å². The number of carbonyl (C=O) groups excluding carboxylic acids is 1. The maximum atomic E-state index is 11.6. The van der Waals surface area contributed by atoms with Crippen LogP contribution in [0.15, 0.2) is 24.3 Å². The molecular weight excluding hydrogens is 304 g/mol. The average Bonchev–Trinajstić information content (AvgIpc) is 2.49. The van der Waals surface area contributed by atoms with Crippen LogP contribution in [0.25, 0.3) is 0 Å². The Bertz CT molecular complexity index is 410. The third-order valence-electron chi connectivity index (χ3n) is 3.02. The van der Waals surface area contributed by atoms with Crippen molar-refractivity contribution < 1.29 is 14.3 Å². The quantitative estimate of drug-likeness (QED) is 0.644. The van der Waals surface area contributed by atoms with Crippen LogP contribution in [-0.4, -0.2) is 45.9 Å². The molecule has 6 heteroatoms. The second-order valence-electron chi connectivity index (χ2n) is 5.11. The zero-order chi connectivity index (χ0) is 15.5. The lowest BCUT2D eigenvalue weighted by molar-refractivity contribution is -0.123. The largest absolute Gasteiger partial charge is 0.484 e. The SMILES string of the molecule is COCCNCCNC(=O)COc1ccc(C(C)C)cc1.Cl. The monoisotopic (exact) mass is 330 g/mol. The van der Waals surface area contributed by atoms with E-state index < -0.39 is 0 Å². The van der Waals surface area contributed by atoms with E-state index in [-0.39, 0.29) is 24.9 Å². The minimum atomic E-state index is -0.114. The van der Waals surface area contributed by atoms with Gasteiger partial charge in [-0.15, -0.1) is 12.4 Å². The minimum Gasteiger partial charge on any atom is -0.484 e. The number of methoxy groups -OCH3 is 1. The Morgan fingerprint density at radius 3 is 2.41 bits per heavy atom. The lowest BCUT2D eigenvalue weighted by atomic mass is 10.0. The predicted octanol–water partition coefficient (Wildman–Crippen LogP) is 1.96. The van der Waals surface area contributed by atoms with E-state index >= 15 is 0 Å². The van der Waals surface area contributed by atoms with Gasteiger partial charge in [-0.25, -0.2) is 0 Å². The van der Waals surface area contributed by atoms with Crippen LogP contribution in [0.1, 0.15) is 25.3 Å². The highest BCUT2D eigenvalue weighted by Crippen LogP contribution is 2.18. The summed E-state index contributed by atoms with van der Waals surface area (Å²) in [7, 11) is 1.66. The first-order valence-electron chi connectivity index (χ1n) is 7.32. The number of amides is 1. The van der Waals surface area contributed by atoms with E-state index in [2.05, 4.69) is 24.5 Å². The number of hydrogen-bond acceptors (Lipinski definition) is 4. The lowest BCUT2D eigenvalue weighted by Gasteiger charge is -2.09. The highest BCUT2D eigenvalue weighted by molar-refractivity contribution is 5.85. The molecular formula is C16H27ClN2O3. The summed E-state index contributed by atoms with van der Waals surface area (Å²) in [5.41, 5.74) is 1.26. The maximum Gasteiger partial charge on any atom is 0.257 e. The fourth-order valence-electron chi connectivity index (χ4n) is 1.74. The van der Waals surface area contributed by atoms with E-state index in [1.54, 1.807) is 7.11 Å². The Labute approximate surface area is 139 Å². The normalized spacial score (nSPS) is 10.2. The van der Waals surface area contributed by atoms with Crippen molar-refractivity contribution in [2.75, 3.05) is 40.0 Å². The van der Waals surface area contributed by atoms with Gasteiger partial charge in [-0.2, -0.15) is 0 Å². The summed E-state index contributed by atoms with van der Waals surface area (Å²) >= 11 is 0. The Morgan fingerprint density at radius 2 is 1.82 bits per heavy atom. The molecule has 0 saturated carbocycles. The number of benzene rings is 1. The van der Waals surface area contributed by atoms with E-state index in [0.29, 0.717) is 24.8 Å². The molecule has 1 aromatic carbocycles. The van der Waals surface area contributed by atoms with Crippen LogP contribution in [0, 0.1) is 0 Å². The average molecular weight is 331 g/mol. The van der Waals surface area contributed by atoms with Crippen molar-refractivity contribution in [3.05, 3.63) is 29.8 Å². The van der Waals surface area contributed by atoms with Crippen LogP contribution in [0.2, 0.25) is 0 Å². The van der Waals surface area contributed by atoms with Crippen LogP contribution in [0.5, 0.6) is 5.75 Å². The minimum absolute atomic E-state index is 0. The third kappa shape index (κ3) is 8.87. The van der Waals surface area contributed by atoms with Crippen molar-refractivity contribution in [1.82, 2.24) is 10.6 Å². The summed E-state index contributed by atoms with van der Waals surface area (Å²) in [6, 6.07) is 7.85. The molecule has 1 aromatic rings. The Hall–Kier alpha value is -1.30. The van der Waals surface area contributed by atoms with E-state index in [0.717, 1.165) is 13.1 Å². The van der Waals surface area contributed by atoms with Gasteiger partial charge in [-0.1, -0.05) is 26.0 Å². The Kier molecular flexibility index (Phi) is 11.5. The first-order valence-corrected chi connectivity index (χ1v) is 7.32. The molecule has 0 fully saturated rings. The van der Waals surface area contributed by atoms with Gasteiger partial charge in [0, 0.05) is 26.7 Å². The highest BCUT2D eigenvalue weighted by atomic mass is 35.5. The molecule has 2 N–H and O–H groups in total. The number of halogens is 1. The highest BCUT2D eigenvalue weighted by Gasteiger charge is 2.03. The molecule has 0 aliphatic heterocycles. The molecule has 5 nitrogen and oxygen atoms in total. The number of rotatable bonds is 10. The maximum absolute atomic E-state index is 11.6. The van der Waals surface area contributed by atoms with Crippen molar-refractivity contribution in [2.24, 2.45) is 0 Å². The van der Waals surface area contributed by atoms with Crippen LogP contribution in [0.3, 0.4) is 0 Å². The van der Waals surface area contributed by atoms with Crippen LogP contribution < -0.4 is 15.4 Å². The number of carbonyl (C=O) groups is 1. The van der Waals surface area contributed by atoms with Crippen LogP contribution in [-0.2, 0) is 9.53 Å². The van der Waals surface area contributed by atoms with Gasteiger partial charge in [-0.05, 0) is 23.6 Å². The van der Waals surface area contributed by atoms with Crippen molar-refractivity contribution >= 4 is 18.3 Å². The first-order chi connectivity index (χ1) is 10.1. The Morgan fingerprint density at radius 1 is 1.14 bits per heavy atom. The second kappa shape index (κ2) is 12.3. The molecule has 0 saturated heterocycles. The van der Waals surface area contributed by atoms with Gasteiger partial charge in [0.05, 0.1) is 6.61 Å². The van der Waals surface area contributed by atoms with Gasteiger partial charge in [0.2, 0.25) is 0 Å². The Balaban J connectivity index is 0.00000441. The van der Waals surface area contributed by atoms with Gasteiger partial charge in [-0.3, -0.25) is 4.79 Å². The molecule has 1 amide bonds.